The Morgan fingerprint density at radius 3 is 2.58 bits per heavy atom. The molecule has 3 rings (SSSR count). The van der Waals surface area contributed by atoms with Crippen molar-refractivity contribution in [1.82, 2.24) is 31.6 Å². The average molecular weight is 644 g/mol. The standard InChI is InChI=1S/C30H45N9O5S/c1-17(2)16-22-28(44)37-21(12-13-24(40)34-14-6-5-8-18(31)26(42)38-22)27(43)36-20(10-7-15-35-30(32)33)25(41)29-39-19-9-3-4-11-23(19)45-29/h3-4,9,11,17-18,20-22H,5-8,10,12-16,31H2,1-2H3,(H,34,40)(H,36,43)(H,37,44)(H,38,42)(H4,32,33,35)/t18-,20-,21-,22-/m0/s1. The monoisotopic (exact) mass is 643 g/mol. The minimum Gasteiger partial charge on any atom is -0.370 e. The Morgan fingerprint density at radius 1 is 1.11 bits per heavy atom. The number of hydrogen-bond donors (Lipinski definition) is 8. The molecule has 4 atom stereocenters. The Balaban J connectivity index is 1.85. The Bertz CT molecular complexity index is 1330. The van der Waals surface area contributed by atoms with Crippen molar-refractivity contribution in [3.8, 4) is 0 Å². The van der Waals surface area contributed by atoms with Crippen molar-refractivity contribution in [3.63, 3.8) is 0 Å². The summed E-state index contributed by atoms with van der Waals surface area (Å²) >= 11 is 1.21. The summed E-state index contributed by atoms with van der Waals surface area (Å²) in [7, 11) is 0. The highest BCUT2D eigenvalue weighted by Gasteiger charge is 2.32. The molecular weight excluding hydrogens is 598 g/mol. The van der Waals surface area contributed by atoms with E-state index >= 15 is 0 Å². The number of fused-ring (bicyclic) bond motifs is 1. The molecule has 1 aromatic carbocycles. The van der Waals surface area contributed by atoms with Crippen LogP contribution in [0.2, 0.25) is 0 Å². The second-order valence-electron chi connectivity index (χ2n) is 11.6. The van der Waals surface area contributed by atoms with E-state index in [-0.39, 0.29) is 42.1 Å². The summed E-state index contributed by atoms with van der Waals surface area (Å²) in [5, 5.41) is 21.3. The highest BCUT2D eigenvalue weighted by molar-refractivity contribution is 7.20. The molecule has 1 aromatic heterocycles. The summed E-state index contributed by atoms with van der Waals surface area (Å²) in [4.78, 5) is 70.7. The molecule has 2 aromatic rings. The Labute approximate surface area is 266 Å². The van der Waals surface area contributed by atoms with Crippen LogP contribution in [0.5, 0.6) is 0 Å². The first-order valence-electron chi connectivity index (χ1n) is 15.4. The molecule has 1 fully saturated rings. The van der Waals surface area contributed by atoms with E-state index in [1.54, 1.807) is 6.07 Å². The largest absolute Gasteiger partial charge is 0.370 e. The van der Waals surface area contributed by atoms with E-state index in [0.717, 1.165) is 4.70 Å². The van der Waals surface area contributed by atoms with Crippen molar-refractivity contribution >= 4 is 56.9 Å². The number of para-hydroxylation sites is 1. The first-order valence-corrected chi connectivity index (χ1v) is 16.2. The van der Waals surface area contributed by atoms with Gasteiger partial charge in [-0.1, -0.05) is 26.0 Å². The number of aromatic nitrogens is 1. The summed E-state index contributed by atoms with van der Waals surface area (Å²) in [6.07, 6.45) is 2.46. The number of hydrogen-bond acceptors (Lipinski definition) is 9. The van der Waals surface area contributed by atoms with E-state index < -0.39 is 47.7 Å². The van der Waals surface area contributed by atoms with Gasteiger partial charge >= 0.3 is 0 Å². The molecule has 10 N–H and O–H groups in total. The lowest BCUT2D eigenvalue weighted by atomic mass is 10.0. The van der Waals surface area contributed by atoms with E-state index in [1.807, 2.05) is 32.0 Å². The molecule has 45 heavy (non-hydrogen) atoms. The molecule has 1 aliphatic rings. The van der Waals surface area contributed by atoms with Crippen LogP contribution in [0.1, 0.15) is 75.0 Å². The second kappa shape index (κ2) is 17.4. The maximum absolute atomic E-state index is 13.7. The van der Waals surface area contributed by atoms with Gasteiger partial charge in [-0.15, -0.1) is 11.3 Å². The molecule has 4 amide bonds. The van der Waals surface area contributed by atoms with Gasteiger partial charge in [0.15, 0.2) is 11.0 Å². The topological polar surface area (TPSA) is 234 Å². The van der Waals surface area contributed by atoms with Crippen LogP contribution in [0, 0.1) is 11.3 Å². The molecular formula is C30H45N9O5S. The van der Waals surface area contributed by atoms with Gasteiger partial charge in [0.2, 0.25) is 29.4 Å². The molecule has 0 aliphatic carbocycles. The van der Waals surface area contributed by atoms with Gasteiger partial charge in [-0.05, 0) is 63.0 Å². The predicted octanol–water partition coefficient (Wildman–Crippen LogP) is 0.650. The summed E-state index contributed by atoms with van der Waals surface area (Å²) in [5.41, 5.74) is 12.1. The SMILES string of the molecule is CC(C)C[C@@H]1NC(=O)[C@@H](N)CCCCNC(=O)CC[C@@H](C(=O)N[C@@H](CCCNC(=N)N)C(=O)c2nc3ccccc3s2)NC1=O. The number of rotatable bonds is 10. The lowest BCUT2D eigenvalue weighted by molar-refractivity contribution is -0.133. The number of ketones is 1. The van der Waals surface area contributed by atoms with Crippen LogP contribution in [0.3, 0.4) is 0 Å². The highest BCUT2D eigenvalue weighted by Crippen LogP contribution is 2.23. The van der Waals surface area contributed by atoms with Crippen molar-refractivity contribution in [2.75, 3.05) is 13.1 Å². The van der Waals surface area contributed by atoms with E-state index in [1.165, 1.54) is 11.3 Å². The number of nitrogens with one attached hydrogen (secondary N) is 6. The fraction of sp³-hybridized carbons (Fsp3) is 0.567. The summed E-state index contributed by atoms with van der Waals surface area (Å²) in [6.45, 7) is 4.50. The number of carbonyl (C=O) groups is 5. The maximum Gasteiger partial charge on any atom is 0.243 e. The zero-order chi connectivity index (χ0) is 32.9. The van der Waals surface area contributed by atoms with Gasteiger partial charge in [-0.25, -0.2) is 4.98 Å². The molecule has 0 radical (unpaired) electrons. The fourth-order valence-electron chi connectivity index (χ4n) is 4.93. The van der Waals surface area contributed by atoms with Crippen molar-refractivity contribution < 1.29 is 24.0 Å². The van der Waals surface area contributed by atoms with Crippen LogP contribution in [-0.2, 0) is 19.2 Å². The number of Topliss-reactive ketones (excluding diaryl/α,β-unsaturated/α-hetero) is 1. The van der Waals surface area contributed by atoms with Crippen LogP contribution in [0.25, 0.3) is 10.2 Å². The normalized spacial score (nSPS) is 21.1. The van der Waals surface area contributed by atoms with Gasteiger partial charge in [0.1, 0.15) is 12.1 Å². The van der Waals surface area contributed by atoms with E-state index in [2.05, 4.69) is 31.6 Å². The van der Waals surface area contributed by atoms with Gasteiger partial charge in [-0.3, -0.25) is 29.4 Å². The van der Waals surface area contributed by atoms with Crippen LogP contribution < -0.4 is 38.1 Å². The number of nitrogens with zero attached hydrogens (tertiary/aromatic N) is 1. The number of thiazole rings is 1. The quantitative estimate of drug-likeness (QED) is 0.0784. The molecule has 1 saturated heterocycles. The van der Waals surface area contributed by atoms with Crippen LogP contribution >= 0.6 is 11.3 Å². The summed E-state index contributed by atoms with van der Waals surface area (Å²) < 4.78 is 0.822. The summed E-state index contributed by atoms with van der Waals surface area (Å²) in [5.74, 6) is -2.55. The van der Waals surface area contributed by atoms with Crippen molar-refractivity contribution in [1.29, 1.82) is 5.41 Å². The Morgan fingerprint density at radius 2 is 1.87 bits per heavy atom. The van der Waals surface area contributed by atoms with Crippen LogP contribution in [0.15, 0.2) is 24.3 Å². The minimum atomic E-state index is -1.17. The molecule has 0 spiro atoms. The Kier molecular flexibility index (Phi) is 13.7. The fourth-order valence-corrected chi connectivity index (χ4v) is 5.89. The molecule has 14 nitrogen and oxygen atoms in total. The molecule has 246 valence electrons. The Hall–Kier alpha value is -4.11. The number of benzene rings is 1. The van der Waals surface area contributed by atoms with Crippen molar-refractivity contribution in [3.05, 3.63) is 29.3 Å². The molecule has 2 heterocycles. The summed E-state index contributed by atoms with van der Waals surface area (Å²) in [6, 6.07) is 3.37. The third-order valence-corrected chi connectivity index (χ3v) is 8.41. The third kappa shape index (κ3) is 11.4. The minimum absolute atomic E-state index is 0.0286. The van der Waals surface area contributed by atoms with Gasteiger partial charge < -0.3 is 38.1 Å². The zero-order valence-corrected chi connectivity index (χ0v) is 26.6. The number of carbonyl (C=O) groups excluding carboxylic acids is 5. The average Bonchev–Trinajstić information content (AvgIpc) is 3.43. The van der Waals surface area contributed by atoms with Gasteiger partial charge in [-0.2, -0.15) is 0 Å². The number of amides is 4. The van der Waals surface area contributed by atoms with Crippen molar-refractivity contribution in [2.24, 2.45) is 17.4 Å². The smallest absolute Gasteiger partial charge is 0.243 e. The van der Waals surface area contributed by atoms with Gasteiger partial charge in [0, 0.05) is 19.5 Å². The lowest BCUT2D eigenvalue weighted by Gasteiger charge is -2.26. The molecule has 0 saturated carbocycles. The molecule has 1 aliphatic heterocycles. The first kappa shape index (κ1) is 35.4. The number of guanidine groups is 1. The number of nitrogens with two attached hydrogens (primary N) is 2. The molecule has 0 unspecified atom stereocenters. The highest BCUT2D eigenvalue weighted by atomic mass is 32.1. The van der Waals surface area contributed by atoms with Crippen LogP contribution in [-0.4, -0.2) is 77.6 Å². The van der Waals surface area contributed by atoms with E-state index in [0.29, 0.717) is 50.7 Å². The van der Waals surface area contributed by atoms with Gasteiger partial charge in [0.05, 0.1) is 22.3 Å². The predicted molar refractivity (Wildman–Crippen MR) is 172 cm³/mol. The van der Waals surface area contributed by atoms with Gasteiger partial charge in [0.25, 0.3) is 0 Å². The van der Waals surface area contributed by atoms with E-state index in [4.69, 9.17) is 16.9 Å². The second-order valence-corrected chi connectivity index (χ2v) is 12.7. The van der Waals surface area contributed by atoms with E-state index in [9.17, 15) is 24.0 Å². The molecule has 15 heteroatoms. The first-order chi connectivity index (χ1) is 21.4. The lowest BCUT2D eigenvalue weighted by Crippen LogP contribution is -2.57. The maximum atomic E-state index is 13.7. The zero-order valence-electron chi connectivity index (χ0n) is 25.8. The molecule has 0 bridgehead atoms. The van der Waals surface area contributed by atoms with Crippen molar-refractivity contribution in [2.45, 2.75) is 89.4 Å². The van der Waals surface area contributed by atoms with Crippen LogP contribution in [0.4, 0.5) is 0 Å². The third-order valence-electron chi connectivity index (χ3n) is 7.36.